The lowest BCUT2D eigenvalue weighted by atomic mass is 10.2. The van der Waals surface area contributed by atoms with E-state index in [0.29, 0.717) is 6.04 Å². The average Bonchev–Trinajstić information content (AvgIpc) is 2.75. The van der Waals surface area contributed by atoms with Crippen molar-refractivity contribution in [3.05, 3.63) is 53.4 Å². The molecule has 0 aliphatic carbocycles. The van der Waals surface area contributed by atoms with Crippen molar-refractivity contribution in [2.24, 2.45) is 0 Å². The van der Waals surface area contributed by atoms with Crippen LogP contribution in [0, 0.1) is 6.92 Å². The first-order chi connectivity index (χ1) is 8.65. The Bertz CT molecular complexity index is 476. The largest absolute Gasteiger partial charge is 0.360 e. The number of benzene rings is 1. The monoisotopic (exact) mass is 244 g/mol. The molecule has 2 aromatic rings. The summed E-state index contributed by atoms with van der Waals surface area (Å²) in [5.41, 5.74) is 2.26. The molecular weight excluding hydrogens is 224 g/mol. The summed E-state index contributed by atoms with van der Waals surface area (Å²) in [5.74, 6) is 0.928. The number of rotatable bonds is 5. The molecule has 1 aromatic carbocycles. The van der Waals surface area contributed by atoms with Gasteiger partial charge >= 0.3 is 0 Å². The van der Waals surface area contributed by atoms with E-state index >= 15 is 0 Å². The van der Waals surface area contributed by atoms with E-state index in [9.17, 15) is 0 Å². The van der Waals surface area contributed by atoms with Crippen LogP contribution in [0.2, 0.25) is 0 Å². The molecule has 1 heterocycles. The summed E-state index contributed by atoms with van der Waals surface area (Å²) in [7, 11) is 0. The molecule has 0 amide bonds. The Labute approximate surface area is 108 Å². The Morgan fingerprint density at radius 2 is 1.89 bits per heavy atom. The smallest absolute Gasteiger partial charge is 0.150 e. The summed E-state index contributed by atoms with van der Waals surface area (Å²) in [6.45, 7) is 8.08. The van der Waals surface area contributed by atoms with E-state index in [1.165, 1.54) is 5.56 Å². The highest BCUT2D eigenvalue weighted by molar-refractivity contribution is 5.14. The summed E-state index contributed by atoms with van der Waals surface area (Å²) in [5, 5.41) is 3.93. The Kier molecular flexibility index (Phi) is 4.15. The second-order valence-corrected chi connectivity index (χ2v) is 4.92. The molecule has 3 nitrogen and oxygen atoms in total. The van der Waals surface area contributed by atoms with Gasteiger partial charge in [-0.05, 0) is 26.3 Å². The summed E-state index contributed by atoms with van der Waals surface area (Å²) in [6, 6.07) is 13.0. The molecule has 0 spiro atoms. The van der Waals surface area contributed by atoms with Gasteiger partial charge in [0.15, 0.2) is 5.76 Å². The SMILES string of the molecule is Cc1cc(CN(Cc2ccccc2)C(C)C)on1. The van der Waals surface area contributed by atoms with Gasteiger partial charge in [0.1, 0.15) is 0 Å². The second kappa shape index (κ2) is 5.83. The molecular formula is C15H20N2O. The van der Waals surface area contributed by atoms with Gasteiger partial charge in [-0.25, -0.2) is 0 Å². The van der Waals surface area contributed by atoms with Gasteiger partial charge in [-0.15, -0.1) is 0 Å². The van der Waals surface area contributed by atoms with E-state index in [-0.39, 0.29) is 0 Å². The summed E-state index contributed by atoms with van der Waals surface area (Å²) in [6.07, 6.45) is 0. The Morgan fingerprint density at radius 1 is 1.17 bits per heavy atom. The summed E-state index contributed by atoms with van der Waals surface area (Å²) < 4.78 is 5.29. The predicted molar refractivity (Wildman–Crippen MR) is 72.1 cm³/mol. The topological polar surface area (TPSA) is 29.3 Å². The van der Waals surface area contributed by atoms with Gasteiger partial charge in [0.25, 0.3) is 0 Å². The molecule has 18 heavy (non-hydrogen) atoms. The molecule has 96 valence electrons. The van der Waals surface area contributed by atoms with E-state index in [2.05, 4.69) is 48.2 Å². The predicted octanol–water partition coefficient (Wildman–Crippen LogP) is 3.39. The maximum Gasteiger partial charge on any atom is 0.150 e. The van der Waals surface area contributed by atoms with Gasteiger partial charge in [0.05, 0.1) is 12.2 Å². The van der Waals surface area contributed by atoms with Crippen molar-refractivity contribution in [3.8, 4) is 0 Å². The molecule has 0 aliphatic heterocycles. The van der Waals surface area contributed by atoms with Crippen LogP contribution in [0.1, 0.15) is 30.9 Å². The van der Waals surface area contributed by atoms with Crippen LogP contribution in [0.3, 0.4) is 0 Å². The van der Waals surface area contributed by atoms with E-state index in [1.807, 2.05) is 19.1 Å². The highest BCUT2D eigenvalue weighted by Gasteiger charge is 2.13. The third-order valence-corrected chi connectivity index (χ3v) is 2.99. The number of aromatic nitrogens is 1. The minimum Gasteiger partial charge on any atom is -0.360 e. The molecule has 1 aromatic heterocycles. The average molecular weight is 244 g/mol. The second-order valence-electron chi connectivity index (χ2n) is 4.92. The van der Waals surface area contributed by atoms with Crippen molar-refractivity contribution >= 4 is 0 Å². The maximum absolute atomic E-state index is 5.29. The van der Waals surface area contributed by atoms with Crippen LogP contribution in [0.4, 0.5) is 0 Å². The van der Waals surface area contributed by atoms with Crippen LogP contribution in [-0.2, 0) is 13.1 Å². The lowest BCUT2D eigenvalue weighted by molar-refractivity contribution is 0.180. The van der Waals surface area contributed by atoms with Crippen molar-refractivity contribution in [1.82, 2.24) is 10.1 Å². The number of hydrogen-bond donors (Lipinski definition) is 0. The quantitative estimate of drug-likeness (QED) is 0.807. The number of aryl methyl sites for hydroxylation is 1. The van der Waals surface area contributed by atoms with Gasteiger partial charge in [-0.2, -0.15) is 0 Å². The zero-order valence-corrected chi connectivity index (χ0v) is 11.3. The Balaban J connectivity index is 2.05. The summed E-state index contributed by atoms with van der Waals surface area (Å²) in [4.78, 5) is 2.37. The standard InChI is InChI=1S/C15H20N2O/c1-12(2)17(10-14-7-5-4-6-8-14)11-15-9-13(3)16-18-15/h4-9,12H,10-11H2,1-3H3. The minimum absolute atomic E-state index is 0.468. The lowest BCUT2D eigenvalue weighted by Gasteiger charge is -2.25. The number of nitrogens with zero attached hydrogens (tertiary/aromatic N) is 2. The maximum atomic E-state index is 5.29. The highest BCUT2D eigenvalue weighted by atomic mass is 16.5. The zero-order chi connectivity index (χ0) is 13.0. The molecule has 2 rings (SSSR count). The summed E-state index contributed by atoms with van der Waals surface area (Å²) >= 11 is 0. The Morgan fingerprint density at radius 3 is 2.44 bits per heavy atom. The minimum atomic E-state index is 0.468. The molecule has 0 atom stereocenters. The van der Waals surface area contributed by atoms with E-state index in [1.54, 1.807) is 0 Å². The van der Waals surface area contributed by atoms with Crippen molar-refractivity contribution in [2.45, 2.75) is 39.9 Å². The van der Waals surface area contributed by atoms with E-state index < -0.39 is 0 Å². The van der Waals surface area contributed by atoms with Gasteiger partial charge in [0, 0.05) is 18.7 Å². The molecule has 0 N–H and O–H groups in total. The van der Waals surface area contributed by atoms with Crippen LogP contribution in [-0.4, -0.2) is 16.1 Å². The molecule has 3 heteroatoms. The fraction of sp³-hybridized carbons (Fsp3) is 0.400. The highest BCUT2D eigenvalue weighted by Crippen LogP contribution is 2.13. The molecule has 0 saturated carbocycles. The van der Waals surface area contributed by atoms with Crippen molar-refractivity contribution < 1.29 is 4.52 Å². The first-order valence-electron chi connectivity index (χ1n) is 6.35. The van der Waals surface area contributed by atoms with Gasteiger partial charge in [0.2, 0.25) is 0 Å². The molecule has 0 radical (unpaired) electrons. The van der Waals surface area contributed by atoms with Crippen molar-refractivity contribution in [3.63, 3.8) is 0 Å². The zero-order valence-electron chi connectivity index (χ0n) is 11.3. The van der Waals surface area contributed by atoms with Gasteiger partial charge in [-0.1, -0.05) is 35.5 Å². The van der Waals surface area contributed by atoms with E-state index in [4.69, 9.17) is 4.52 Å². The number of hydrogen-bond acceptors (Lipinski definition) is 3. The molecule has 0 aliphatic rings. The van der Waals surface area contributed by atoms with E-state index in [0.717, 1.165) is 24.5 Å². The molecule has 0 saturated heterocycles. The molecule has 0 fully saturated rings. The van der Waals surface area contributed by atoms with Gasteiger partial charge < -0.3 is 4.52 Å². The third kappa shape index (κ3) is 3.44. The van der Waals surface area contributed by atoms with Crippen molar-refractivity contribution in [1.29, 1.82) is 0 Å². The third-order valence-electron chi connectivity index (χ3n) is 2.99. The van der Waals surface area contributed by atoms with Crippen molar-refractivity contribution in [2.75, 3.05) is 0 Å². The molecule has 0 bridgehead atoms. The lowest BCUT2D eigenvalue weighted by Crippen LogP contribution is -2.29. The van der Waals surface area contributed by atoms with Crippen LogP contribution in [0.15, 0.2) is 40.9 Å². The van der Waals surface area contributed by atoms with Gasteiger partial charge in [-0.3, -0.25) is 4.90 Å². The normalized spacial score (nSPS) is 11.4. The van der Waals surface area contributed by atoms with Crippen LogP contribution in [0.5, 0.6) is 0 Å². The van der Waals surface area contributed by atoms with Crippen LogP contribution >= 0.6 is 0 Å². The van der Waals surface area contributed by atoms with Crippen LogP contribution in [0.25, 0.3) is 0 Å². The first kappa shape index (κ1) is 12.8. The first-order valence-corrected chi connectivity index (χ1v) is 6.35. The van der Waals surface area contributed by atoms with Crippen LogP contribution < -0.4 is 0 Å². The fourth-order valence-electron chi connectivity index (χ4n) is 1.93. The fourth-order valence-corrected chi connectivity index (χ4v) is 1.93. The Hall–Kier alpha value is -1.61. The molecule has 0 unspecified atom stereocenters.